The lowest BCUT2D eigenvalue weighted by atomic mass is 10.0. The van der Waals surface area contributed by atoms with Gasteiger partial charge in [0.05, 0.1) is 31.4 Å². The average molecular weight is 562 g/mol. The van der Waals surface area contributed by atoms with Crippen LogP contribution in [-0.2, 0) is 9.59 Å². The molecule has 1 saturated carbocycles. The quantitative estimate of drug-likeness (QED) is 0.186. The molecule has 1 aromatic heterocycles. The zero-order valence-electron chi connectivity index (χ0n) is 21.6. The van der Waals surface area contributed by atoms with Gasteiger partial charge in [0, 0.05) is 18.2 Å². The van der Waals surface area contributed by atoms with Crippen molar-refractivity contribution in [3.63, 3.8) is 0 Å². The minimum Gasteiger partial charge on any atom is -0.402 e. The summed E-state index contributed by atoms with van der Waals surface area (Å²) in [5.74, 6) is 1.32. The number of halogens is 4. The molecule has 0 radical (unpaired) electrons. The molecule has 0 bridgehead atoms. The van der Waals surface area contributed by atoms with E-state index >= 15 is 0 Å². The molecule has 9 nitrogen and oxygen atoms in total. The van der Waals surface area contributed by atoms with E-state index in [1.54, 1.807) is 42.5 Å². The van der Waals surface area contributed by atoms with Crippen LogP contribution in [0.1, 0.15) is 48.0 Å². The number of alkyl halides is 3. The molecule has 2 aliphatic heterocycles. The first-order chi connectivity index (χ1) is 19.1. The van der Waals surface area contributed by atoms with Gasteiger partial charge in [-0.2, -0.15) is 4.39 Å². The number of hydrogen-bond donors (Lipinski definition) is 3. The Kier molecular flexibility index (Phi) is 7.58. The number of hydrogen-bond acceptors (Lipinski definition) is 7. The van der Waals surface area contributed by atoms with E-state index in [-0.39, 0.29) is 30.4 Å². The van der Waals surface area contributed by atoms with Crippen LogP contribution < -0.4 is 16.9 Å². The maximum absolute atomic E-state index is 14.8. The molecule has 3 fully saturated rings. The van der Waals surface area contributed by atoms with Crippen molar-refractivity contribution in [2.45, 2.75) is 49.4 Å². The Labute approximate surface area is 228 Å². The molecule has 3 heterocycles. The zero-order chi connectivity index (χ0) is 28.6. The van der Waals surface area contributed by atoms with Gasteiger partial charge in [0.1, 0.15) is 24.6 Å². The van der Waals surface area contributed by atoms with Crippen LogP contribution in [0.5, 0.6) is 0 Å². The number of benzene rings is 1. The van der Waals surface area contributed by atoms with Gasteiger partial charge in [0.2, 0.25) is 17.8 Å². The summed E-state index contributed by atoms with van der Waals surface area (Å²) < 4.78 is 56.0. The molecular formula is C27H31F4N7O2. The summed E-state index contributed by atoms with van der Waals surface area (Å²) in [4.78, 5) is 33.0. The van der Waals surface area contributed by atoms with Crippen LogP contribution in [0, 0.1) is 5.95 Å². The minimum absolute atomic E-state index is 0.0168. The number of rotatable bonds is 9. The Hall–Kier alpha value is -3.87. The fourth-order valence-electron chi connectivity index (χ4n) is 5.21. The summed E-state index contributed by atoms with van der Waals surface area (Å²) in [6, 6.07) is 10.1. The van der Waals surface area contributed by atoms with Gasteiger partial charge in [-0.3, -0.25) is 14.6 Å². The molecule has 2 amide bonds. The van der Waals surface area contributed by atoms with Crippen molar-refractivity contribution < 1.29 is 27.2 Å². The highest BCUT2D eigenvalue weighted by Gasteiger charge is 2.46. The lowest BCUT2D eigenvalue weighted by Crippen LogP contribution is -2.60. The predicted molar refractivity (Wildman–Crippen MR) is 137 cm³/mol. The Morgan fingerprint density at radius 2 is 1.88 bits per heavy atom. The van der Waals surface area contributed by atoms with Gasteiger partial charge in [0.25, 0.3) is 5.92 Å². The van der Waals surface area contributed by atoms with Crippen molar-refractivity contribution >= 4 is 11.8 Å². The molecule has 214 valence electrons. The summed E-state index contributed by atoms with van der Waals surface area (Å²) in [5, 5.41) is 3.73. The normalized spacial score (nSPS) is 23.0. The molecule has 1 aromatic carbocycles. The number of pyridine rings is 1. The molecule has 5 N–H and O–H groups in total. The van der Waals surface area contributed by atoms with Crippen molar-refractivity contribution in [2.75, 3.05) is 26.2 Å². The first-order valence-corrected chi connectivity index (χ1v) is 13.1. The Bertz CT molecular complexity index is 1280. The molecule has 0 unspecified atom stereocenters. The summed E-state index contributed by atoms with van der Waals surface area (Å²) in [6.45, 7) is -2.06. The highest BCUT2D eigenvalue weighted by Crippen LogP contribution is 2.41. The lowest BCUT2D eigenvalue weighted by molar-refractivity contribution is -0.141. The van der Waals surface area contributed by atoms with Crippen LogP contribution >= 0.6 is 0 Å². The van der Waals surface area contributed by atoms with Crippen molar-refractivity contribution in [2.24, 2.45) is 11.6 Å². The molecule has 1 aliphatic carbocycles. The van der Waals surface area contributed by atoms with Crippen molar-refractivity contribution in [1.82, 2.24) is 25.1 Å². The third-order valence-corrected chi connectivity index (χ3v) is 7.42. The molecule has 13 heteroatoms. The third kappa shape index (κ3) is 5.83. The van der Waals surface area contributed by atoms with E-state index in [9.17, 15) is 27.2 Å². The van der Waals surface area contributed by atoms with Crippen LogP contribution in [0.2, 0.25) is 0 Å². The second-order valence-electron chi connectivity index (χ2n) is 10.5. The number of carbonyl (C=O) groups is 2. The van der Waals surface area contributed by atoms with Crippen LogP contribution in [0.4, 0.5) is 17.6 Å². The van der Waals surface area contributed by atoms with Crippen molar-refractivity contribution in [1.29, 1.82) is 0 Å². The van der Waals surface area contributed by atoms with E-state index in [0.717, 1.165) is 29.0 Å². The van der Waals surface area contributed by atoms with Crippen LogP contribution in [-0.4, -0.2) is 75.9 Å². The molecule has 2 saturated heterocycles. The zero-order valence-corrected chi connectivity index (χ0v) is 21.6. The number of nitrogens with two attached hydrogens (primary N) is 2. The maximum Gasteiger partial charge on any atom is 0.282 e. The molecule has 0 spiro atoms. The summed E-state index contributed by atoms with van der Waals surface area (Å²) in [7, 11) is 0. The highest BCUT2D eigenvalue weighted by atomic mass is 19.3. The highest BCUT2D eigenvalue weighted by molar-refractivity contribution is 5.89. The van der Waals surface area contributed by atoms with Gasteiger partial charge in [-0.05, 0) is 30.4 Å². The lowest BCUT2D eigenvalue weighted by Gasteiger charge is -2.43. The van der Waals surface area contributed by atoms with Crippen LogP contribution in [0.3, 0.4) is 0 Å². The van der Waals surface area contributed by atoms with E-state index in [0.29, 0.717) is 11.1 Å². The van der Waals surface area contributed by atoms with E-state index < -0.39 is 61.6 Å². The Morgan fingerprint density at radius 3 is 2.48 bits per heavy atom. The van der Waals surface area contributed by atoms with Gasteiger partial charge in [-0.15, -0.1) is 0 Å². The average Bonchev–Trinajstić information content (AvgIpc) is 3.66. The van der Waals surface area contributed by atoms with Crippen LogP contribution in [0.15, 0.2) is 54.5 Å². The van der Waals surface area contributed by atoms with Gasteiger partial charge in [0.15, 0.2) is 0 Å². The van der Waals surface area contributed by atoms with Gasteiger partial charge in [-0.25, -0.2) is 24.0 Å². The second kappa shape index (κ2) is 11.0. The largest absolute Gasteiger partial charge is 0.402 e. The van der Waals surface area contributed by atoms with Crippen molar-refractivity contribution in [3.8, 4) is 0 Å². The van der Waals surface area contributed by atoms with E-state index in [1.807, 2.05) is 0 Å². The van der Waals surface area contributed by atoms with E-state index in [4.69, 9.17) is 11.6 Å². The monoisotopic (exact) mass is 561 g/mol. The Balaban J connectivity index is 1.31. The van der Waals surface area contributed by atoms with Crippen molar-refractivity contribution in [3.05, 3.63) is 77.3 Å². The van der Waals surface area contributed by atoms with Gasteiger partial charge < -0.3 is 20.9 Å². The number of carbonyl (C=O) groups excluding carboxylic acids is 2. The maximum atomic E-state index is 14.8. The number of likely N-dealkylation sites (tertiary alicyclic amines) is 2. The van der Waals surface area contributed by atoms with E-state index in [2.05, 4.69) is 10.3 Å². The summed E-state index contributed by atoms with van der Waals surface area (Å²) >= 11 is 0. The molecular weight excluding hydrogens is 530 g/mol. The van der Waals surface area contributed by atoms with E-state index in [1.165, 1.54) is 4.90 Å². The topological polar surface area (TPSA) is 121 Å². The number of amides is 2. The molecule has 3 atom stereocenters. The molecule has 3 aliphatic rings. The number of aromatic nitrogens is 1. The first kappa shape index (κ1) is 27.7. The fraction of sp³-hybridized carbons (Fsp3) is 0.444. The van der Waals surface area contributed by atoms with Gasteiger partial charge >= 0.3 is 0 Å². The second-order valence-corrected chi connectivity index (χ2v) is 10.5. The molecule has 40 heavy (non-hydrogen) atoms. The summed E-state index contributed by atoms with van der Waals surface area (Å²) in [5.41, 5.74) is 6.99. The Morgan fingerprint density at radius 1 is 1.18 bits per heavy atom. The fourth-order valence-corrected chi connectivity index (χ4v) is 5.21. The standard InChI is InChI=1S/C27H31F4N7O2/c28-18-10-21(37(12-18)23(39)13-38(33)22(11-32)36-14-27(30,31)15-36)26(40)35-24(17-4-2-1-3-5-17)20-9-8-19(16-6-7-16)25(29)34-20/h1-5,8-9,11,16,18,21,24H,6-7,10,12-15,32-33H2,(H,35,40)/b22-11-/t18-,21+,24+/m1/s1. The van der Waals surface area contributed by atoms with Crippen LogP contribution in [0.25, 0.3) is 0 Å². The first-order valence-electron chi connectivity index (χ1n) is 13.1. The molecule has 2 aromatic rings. The smallest absolute Gasteiger partial charge is 0.282 e. The number of nitrogens with one attached hydrogen (secondary N) is 1. The number of hydrazine groups is 1. The number of nitrogens with zero attached hydrogens (tertiary/aromatic N) is 4. The predicted octanol–water partition coefficient (Wildman–Crippen LogP) is 2.13. The minimum atomic E-state index is -2.88. The molecule has 5 rings (SSSR count). The SMILES string of the molecule is N/C=C(\N(N)CC(=O)N1C[C@H](F)C[C@H]1C(=O)N[C@@H](c1ccccc1)c1ccc(C2CC2)c(F)n1)N1CC(F)(F)C1. The van der Waals surface area contributed by atoms with Gasteiger partial charge in [-0.1, -0.05) is 36.4 Å². The summed E-state index contributed by atoms with van der Waals surface area (Å²) in [6.07, 6.45) is 1.11. The third-order valence-electron chi connectivity index (χ3n) is 7.42.